The van der Waals surface area contributed by atoms with Crippen molar-refractivity contribution >= 4 is 11.8 Å². The number of hydrogen-bond donors (Lipinski definition) is 1. The molecule has 24 heavy (non-hydrogen) atoms. The van der Waals surface area contributed by atoms with Gasteiger partial charge in [0.15, 0.2) is 0 Å². The van der Waals surface area contributed by atoms with Crippen molar-refractivity contribution in [1.29, 1.82) is 0 Å². The zero-order chi connectivity index (χ0) is 16.9. The van der Waals surface area contributed by atoms with Gasteiger partial charge in [0, 0.05) is 18.7 Å². The molecule has 1 atom stereocenters. The highest BCUT2D eigenvalue weighted by Crippen LogP contribution is 2.28. The normalized spacial score (nSPS) is 21.7. The van der Waals surface area contributed by atoms with Gasteiger partial charge in [-0.15, -0.1) is 0 Å². The summed E-state index contributed by atoms with van der Waals surface area (Å²) < 4.78 is 0. The Morgan fingerprint density at radius 3 is 2.62 bits per heavy atom. The fourth-order valence-corrected chi connectivity index (χ4v) is 3.69. The molecule has 0 bridgehead atoms. The largest absolute Gasteiger partial charge is 0.349 e. The second kappa shape index (κ2) is 7.73. The molecular weight excluding hydrogens is 304 g/mol. The van der Waals surface area contributed by atoms with Crippen LogP contribution in [-0.4, -0.2) is 39.3 Å². The number of carbonyl (C=O) groups excluding carboxylic acids is 2. The number of nitrogens with one attached hydrogen (secondary N) is 1. The van der Waals surface area contributed by atoms with Crippen molar-refractivity contribution in [1.82, 2.24) is 20.2 Å². The molecule has 2 fully saturated rings. The third-order valence-corrected chi connectivity index (χ3v) is 5.07. The monoisotopic (exact) mass is 330 g/mol. The van der Waals surface area contributed by atoms with E-state index in [9.17, 15) is 9.59 Å². The van der Waals surface area contributed by atoms with Gasteiger partial charge in [0.05, 0.1) is 24.1 Å². The Hall–Kier alpha value is -1.98. The highest BCUT2D eigenvalue weighted by molar-refractivity contribution is 5.89. The fourth-order valence-electron chi connectivity index (χ4n) is 3.69. The smallest absolute Gasteiger partial charge is 0.243 e. The van der Waals surface area contributed by atoms with Gasteiger partial charge >= 0.3 is 0 Å². The van der Waals surface area contributed by atoms with Crippen LogP contribution in [0.4, 0.5) is 0 Å². The molecule has 1 aliphatic heterocycles. The average molecular weight is 330 g/mol. The van der Waals surface area contributed by atoms with Crippen molar-refractivity contribution in [2.24, 2.45) is 5.92 Å². The molecular formula is C18H26N4O2. The van der Waals surface area contributed by atoms with Crippen molar-refractivity contribution in [2.45, 2.75) is 64.5 Å². The van der Waals surface area contributed by atoms with E-state index in [0.29, 0.717) is 13.1 Å². The third kappa shape index (κ3) is 3.91. The Morgan fingerprint density at radius 1 is 1.12 bits per heavy atom. The number of aromatic nitrogens is 2. The molecule has 0 spiro atoms. The van der Waals surface area contributed by atoms with E-state index >= 15 is 0 Å². The van der Waals surface area contributed by atoms with Gasteiger partial charge in [0.1, 0.15) is 6.04 Å². The second-order valence-electron chi connectivity index (χ2n) is 6.89. The lowest BCUT2D eigenvalue weighted by Crippen LogP contribution is -2.48. The summed E-state index contributed by atoms with van der Waals surface area (Å²) in [5.74, 6) is 0.233. The predicted molar refractivity (Wildman–Crippen MR) is 89.9 cm³/mol. The van der Waals surface area contributed by atoms with E-state index in [2.05, 4.69) is 15.3 Å². The van der Waals surface area contributed by atoms with Gasteiger partial charge < -0.3 is 10.2 Å². The first-order valence-electron chi connectivity index (χ1n) is 9.01. The highest BCUT2D eigenvalue weighted by atomic mass is 16.2. The zero-order valence-electron chi connectivity index (χ0n) is 14.3. The van der Waals surface area contributed by atoms with Gasteiger partial charge in [-0.3, -0.25) is 19.6 Å². The van der Waals surface area contributed by atoms with Crippen molar-refractivity contribution in [3.05, 3.63) is 23.8 Å². The molecule has 2 aliphatic rings. The van der Waals surface area contributed by atoms with Crippen LogP contribution >= 0.6 is 0 Å². The summed E-state index contributed by atoms with van der Waals surface area (Å²) in [5, 5.41) is 2.91. The van der Waals surface area contributed by atoms with Gasteiger partial charge in [-0.05, 0) is 32.6 Å². The first-order valence-corrected chi connectivity index (χ1v) is 9.01. The summed E-state index contributed by atoms with van der Waals surface area (Å²) in [6, 6.07) is -0.321. The van der Waals surface area contributed by atoms with E-state index in [0.717, 1.165) is 49.9 Å². The SMILES string of the molecule is Cc1cnc(CNC(=O)[C@H]2CCCN2C(=O)C2CCCCC2)cn1. The van der Waals surface area contributed by atoms with Crippen molar-refractivity contribution in [3.63, 3.8) is 0 Å². The molecule has 1 saturated heterocycles. The van der Waals surface area contributed by atoms with Gasteiger partial charge in [0.2, 0.25) is 11.8 Å². The van der Waals surface area contributed by atoms with Gasteiger partial charge in [-0.25, -0.2) is 0 Å². The lowest BCUT2D eigenvalue weighted by atomic mass is 9.88. The van der Waals surface area contributed by atoms with Crippen LogP contribution < -0.4 is 5.32 Å². The molecule has 3 rings (SSSR count). The van der Waals surface area contributed by atoms with Crippen molar-refractivity contribution in [3.8, 4) is 0 Å². The number of rotatable bonds is 4. The van der Waals surface area contributed by atoms with Crippen LogP contribution in [0.3, 0.4) is 0 Å². The molecule has 1 N–H and O–H groups in total. The number of hydrogen-bond acceptors (Lipinski definition) is 4. The number of likely N-dealkylation sites (tertiary alicyclic amines) is 1. The molecule has 1 aliphatic carbocycles. The quantitative estimate of drug-likeness (QED) is 0.916. The highest BCUT2D eigenvalue weighted by Gasteiger charge is 2.37. The lowest BCUT2D eigenvalue weighted by molar-refractivity contribution is -0.142. The van der Waals surface area contributed by atoms with E-state index < -0.39 is 0 Å². The number of amides is 2. The molecule has 2 amide bonds. The Labute approximate surface area is 143 Å². The molecule has 6 heteroatoms. The fraction of sp³-hybridized carbons (Fsp3) is 0.667. The van der Waals surface area contributed by atoms with Crippen molar-refractivity contribution < 1.29 is 9.59 Å². The predicted octanol–water partition coefficient (Wildman–Crippen LogP) is 1.97. The van der Waals surface area contributed by atoms with Crippen LogP contribution in [0.25, 0.3) is 0 Å². The van der Waals surface area contributed by atoms with E-state index in [1.807, 2.05) is 11.8 Å². The standard InChI is InChI=1S/C18H26N4O2/c1-13-10-20-15(11-19-13)12-21-17(23)16-8-5-9-22(16)18(24)14-6-3-2-4-7-14/h10-11,14,16H,2-9,12H2,1H3,(H,21,23)/t16-/m1/s1. The minimum atomic E-state index is -0.321. The van der Waals surface area contributed by atoms with E-state index in [4.69, 9.17) is 0 Å². The summed E-state index contributed by atoms with van der Waals surface area (Å²) in [4.78, 5) is 35.5. The number of nitrogens with zero attached hydrogens (tertiary/aromatic N) is 3. The summed E-state index contributed by atoms with van der Waals surface area (Å²) in [6.07, 6.45) is 10.5. The van der Waals surface area contributed by atoms with Crippen molar-refractivity contribution in [2.75, 3.05) is 6.54 Å². The lowest BCUT2D eigenvalue weighted by Gasteiger charge is -2.30. The van der Waals surface area contributed by atoms with E-state index in [1.54, 1.807) is 12.4 Å². The van der Waals surface area contributed by atoms with Gasteiger partial charge in [-0.1, -0.05) is 19.3 Å². The van der Waals surface area contributed by atoms with Gasteiger partial charge in [0.25, 0.3) is 0 Å². The Morgan fingerprint density at radius 2 is 1.92 bits per heavy atom. The van der Waals surface area contributed by atoms with Gasteiger partial charge in [-0.2, -0.15) is 0 Å². The van der Waals surface area contributed by atoms with Crippen LogP contribution in [0.15, 0.2) is 12.4 Å². The molecule has 0 radical (unpaired) electrons. The molecule has 0 unspecified atom stereocenters. The topological polar surface area (TPSA) is 75.2 Å². The first-order chi connectivity index (χ1) is 11.6. The second-order valence-corrected chi connectivity index (χ2v) is 6.89. The molecule has 1 saturated carbocycles. The minimum Gasteiger partial charge on any atom is -0.349 e. The molecule has 0 aromatic carbocycles. The average Bonchev–Trinajstić information content (AvgIpc) is 3.11. The first kappa shape index (κ1) is 16.9. The maximum atomic E-state index is 12.8. The van der Waals surface area contributed by atoms with E-state index in [1.165, 1.54) is 6.42 Å². The summed E-state index contributed by atoms with van der Waals surface area (Å²) in [5.41, 5.74) is 1.59. The molecule has 1 aromatic rings. The zero-order valence-corrected chi connectivity index (χ0v) is 14.3. The minimum absolute atomic E-state index is 0.0703. The maximum absolute atomic E-state index is 12.8. The molecule has 1 aromatic heterocycles. The maximum Gasteiger partial charge on any atom is 0.243 e. The molecule has 2 heterocycles. The molecule has 130 valence electrons. The molecule has 6 nitrogen and oxygen atoms in total. The summed E-state index contributed by atoms with van der Waals surface area (Å²) in [7, 11) is 0. The van der Waals surface area contributed by atoms with Crippen LogP contribution in [0.1, 0.15) is 56.3 Å². The Kier molecular flexibility index (Phi) is 5.43. The van der Waals surface area contributed by atoms with Crippen LogP contribution in [-0.2, 0) is 16.1 Å². The summed E-state index contributed by atoms with van der Waals surface area (Å²) >= 11 is 0. The Balaban J connectivity index is 1.56. The third-order valence-electron chi connectivity index (χ3n) is 5.07. The summed E-state index contributed by atoms with van der Waals surface area (Å²) in [6.45, 7) is 2.94. The Bertz CT molecular complexity index is 581. The van der Waals surface area contributed by atoms with Crippen LogP contribution in [0.5, 0.6) is 0 Å². The number of carbonyl (C=O) groups is 2. The number of aryl methyl sites for hydroxylation is 1. The van der Waals surface area contributed by atoms with Crippen LogP contribution in [0, 0.1) is 12.8 Å². The van der Waals surface area contributed by atoms with Crippen LogP contribution in [0.2, 0.25) is 0 Å². The van der Waals surface area contributed by atoms with E-state index in [-0.39, 0.29) is 23.8 Å².